The van der Waals surface area contributed by atoms with Gasteiger partial charge in [-0.3, -0.25) is 4.79 Å². The van der Waals surface area contributed by atoms with E-state index in [0.717, 1.165) is 36.1 Å². The molecule has 0 aliphatic heterocycles. The summed E-state index contributed by atoms with van der Waals surface area (Å²) >= 11 is 1.41. The van der Waals surface area contributed by atoms with Crippen molar-refractivity contribution < 1.29 is 23.8 Å². The average molecular weight is 412 g/mol. The molecule has 0 spiro atoms. The summed E-state index contributed by atoms with van der Waals surface area (Å²) in [5, 5.41) is 10.8. The minimum atomic E-state index is -0.693. The van der Waals surface area contributed by atoms with Crippen LogP contribution < -0.4 is 11.3 Å². The number of fused-ring (bicyclic) bond motifs is 2. The Morgan fingerprint density at radius 3 is 2.83 bits per heavy atom. The van der Waals surface area contributed by atoms with Gasteiger partial charge in [-0.2, -0.15) is 0 Å². The summed E-state index contributed by atoms with van der Waals surface area (Å²) < 4.78 is 11.0. The molecule has 2 aromatic heterocycles. The molecule has 1 aliphatic rings. The van der Waals surface area contributed by atoms with Crippen LogP contribution >= 0.6 is 11.3 Å². The van der Waals surface area contributed by atoms with Crippen LogP contribution in [-0.4, -0.2) is 23.6 Å². The average Bonchev–Trinajstić information content (AvgIpc) is 3.05. The maximum Gasteiger partial charge on any atom is 0.341 e. The van der Waals surface area contributed by atoms with Crippen molar-refractivity contribution in [3.63, 3.8) is 0 Å². The topological polar surface area (TPSA) is 115 Å². The Bertz CT molecular complexity index is 1190. The summed E-state index contributed by atoms with van der Waals surface area (Å²) in [4.78, 5) is 30.3. The Kier molecular flexibility index (Phi) is 5.10. The molecule has 0 atom stereocenters. The highest BCUT2D eigenvalue weighted by molar-refractivity contribution is 7.16. The first kappa shape index (κ1) is 19.2. The lowest BCUT2D eigenvalue weighted by Gasteiger charge is -2.11. The van der Waals surface area contributed by atoms with E-state index in [1.807, 2.05) is 0 Å². The molecule has 150 valence electrons. The molecule has 1 amide bonds. The molecule has 29 heavy (non-hydrogen) atoms. The minimum absolute atomic E-state index is 0.000236. The van der Waals surface area contributed by atoms with E-state index < -0.39 is 11.9 Å². The summed E-state index contributed by atoms with van der Waals surface area (Å²) in [6.07, 6.45) is 3.73. The van der Waals surface area contributed by atoms with E-state index in [9.17, 15) is 14.7 Å². The molecule has 8 heteroatoms. The zero-order valence-electron chi connectivity index (χ0n) is 15.9. The van der Waals surface area contributed by atoms with Crippen molar-refractivity contribution in [2.75, 3.05) is 6.61 Å². The second-order valence-electron chi connectivity index (χ2n) is 6.77. The van der Waals surface area contributed by atoms with Gasteiger partial charge in [0.15, 0.2) is 0 Å². The van der Waals surface area contributed by atoms with Crippen LogP contribution in [0.4, 0.5) is 5.00 Å². The highest BCUT2D eigenvalue weighted by Gasteiger charge is 2.26. The van der Waals surface area contributed by atoms with Crippen LogP contribution in [0.5, 0.6) is 5.75 Å². The number of aromatic hydroxyl groups is 1. The first-order valence-corrected chi connectivity index (χ1v) is 10.2. The molecule has 3 aromatic rings. The summed E-state index contributed by atoms with van der Waals surface area (Å²) in [5.41, 5.74) is 7.40. The zero-order valence-corrected chi connectivity index (χ0v) is 16.7. The van der Waals surface area contributed by atoms with E-state index in [-0.39, 0.29) is 23.5 Å². The predicted molar refractivity (Wildman–Crippen MR) is 109 cm³/mol. The number of ether oxygens (including phenoxy) is 1. The summed E-state index contributed by atoms with van der Waals surface area (Å²) in [6.45, 7) is 2.01. The maximum atomic E-state index is 12.6. The predicted octanol–water partition coefficient (Wildman–Crippen LogP) is 3.59. The van der Waals surface area contributed by atoms with Crippen molar-refractivity contribution in [1.82, 2.24) is 0 Å². The van der Waals surface area contributed by atoms with Crippen molar-refractivity contribution in [1.29, 1.82) is 0 Å². The molecule has 0 radical (unpaired) electrons. The highest BCUT2D eigenvalue weighted by Crippen LogP contribution is 2.40. The number of nitrogens with zero attached hydrogens (tertiary/aromatic N) is 1. The van der Waals surface area contributed by atoms with Gasteiger partial charge in [-0.05, 0) is 56.4 Å². The SMILES string of the molecule is CCOC(=O)c1c(/N=c2\oc3cc(O)ccc3cc2C(N)=O)sc2c1CCCC2. The number of benzene rings is 1. The van der Waals surface area contributed by atoms with E-state index in [1.165, 1.54) is 23.5 Å². The van der Waals surface area contributed by atoms with Gasteiger partial charge < -0.3 is 20.0 Å². The van der Waals surface area contributed by atoms with E-state index in [1.54, 1.807) is 19.1 Å². The third kappa shape index (κ3) is 3.63. The molecule has 0 bridgehead atoms. The molecule has 1 aromatic carbocycles. The fourth-order valence-electron chi connectivity index (χ4n) is 3.50. The van der Waals surface area contributed by atoms with Crippen molar-refractivity contribution in [2.24, 2.45) is 10.7 Å². The Hall–Kier alpha value is -3.13. The lowest BCUT2D eigenvalue weighted by atomic mass is 9.95. The number of hydrogen-bond acceptors (Lipinski definition) is 7. The Balaban J connectivity index is 1.97. The number of amides is 1. The summed E-state index contributed by atoms with van der Waals surface area (Å²) in [6, 6.07) is 6.12. The molecule has 0 saturated heterocycles. The first-order chi connectivity index (χ1) is 14.0. The standard InChI is InChI=1S/C21H20N2O5S/c1-2-27-21(26)17-13-5-3-4-6-16(13)29-20(17)23-19-14(18(22)25)9-11-7-8-12(24)10-15(11)28-19/h7-10,24H,2-6H2,1H3,(H2,22,25)/b23-19-. The smallest absolute Gasteiger partial charge is 0.341 e. The van der Waals surface area contributed by atoms with Gasteiger partial charge in [0, 0.05) is 16.3 Å². The second kappa shape index (κ2) is 7.71. The van der Waals surface area contributed by atoms with E-state index >= 15 is 0 Å². The third-order valence-corrected chi connectivity index (χ3v) is 6.02. The van der Waals surface area contributed by atoms with E-state index in [4.69, 9.17) is 14.9 Å². The number of aryl methyl sites for hydroxylation is 1. The Morgan fingerprint density at radius 2 is 2.07 bits per heavy atom. The number of phenols is 1. The molecule has 7 nitrogen and oxygen atoms in total. The van der Waals surface area contributed by atoms with Gasteiger partial charge in [-0.1, -0.05) is 0 Å². The van der Waals surface area contributed by atoms with Crippen molar-refractivity contribution in [2.45, 2.75) is 32.6 Å². The monoisotopic (exact) mass is 412 g/mol. The van der Waals surface area contributed by atoms with Crippen LogP contribution in [0.2, 0.25) is 0 Å². The van der Waals surface area contributed by atoms with Gasteiger partial charge in [-0.15, -0.1) is 11.3 Å². The Morgan fingerprint density at radius 1 is 1.28 bits per heavy atom. The largest absolute Gasteiger partial charge is 0.508 e. The number of esters is 1. The third-order valence-electron chi connectivity index (χ3n) is 4.83. The molecule has 0 unspecified atom stereocenters. The van der Waals surface area contributed by atoms with E-state index in [2.05, 4.69) is 4.99 Å². The molecule has 1 aliphatic carbocycles. The Labute approximate surface area is 170 Å². The van der Waals surface area contributed by atoms with Crippen molar-refractivity contribution in [3.05, 3.63) is 51.4 Å². The molecule has 2 heterocycles. The van der Waals surface area contributed by atoms with Crippen molar-refractivity contribution >= 4 is 39.2 Å². The maximum absolute atomic E-state index is 12.6. The fourth-order valence-corrected chi connectivity index (χ4v) is 4.75. The number of carbonyl (C=O) groups excluding carboxylic acids is 2. The zero-order chi connectivity index (χ0) is 20.5. The lowest BCUT2D eigenvalue weighted by Crippen LogP contribution is -2.21. The van der Waals surface area contributed by atoms with Gasteiger partial charge in [0.2, 0.25) is 5.55 Å². The van der Waals surface area contributed by atoms with Crippen LogP contribution in [-0.2, 0) is 17.6 Å². The van der Waals surface area contributed by atoms with Crippen LogP contribution in [0.1, 0.15) is 50.9 Å². The number of carbonyl (C=O) groups is 2. The fraction of sp³-hybridized carbons (Fsp3) is 0.286. The number of thiophene rings is 1. The van der Waals surface area contributed by atoms with Crippen LogP contribution in [0.25, 0.3) is 11.0 Å². The second-order valence-corrected chi connectivity index (χ2v) is 7.86. The minimum Gasteiger partial charge on any atom is -0.508 e. The number of primary amides is 1. The quantitative estimate of drug-likeness (QED) is 0.636. The highest BCUT2D eigenvalue weighted by atomic mass is 32.1. The molecular formula is C21H20N2O5S. The molecule has 0 saturated carbocycles. The number of hydrogen-bond donors (Lipinski definition) is 2. The van der Waals surface area contributed by atoms with Gasteiger partial charge in [0.25, 0.3) is 5.91 Å². The number of rotatable bonds is 4. The van der Waals surface area contributed by atoms with Crippen LogP contribution in [0.15, 0.2) is 33.7 Å². The number of phenolic OH excluding ortho intramolecular Hbond substituents is 1. The van der Waals surface area contributed by atoms with Gasteiger partial charge in [0.05, 0.1) is 12.2 Å². The first-order valence-electron chi connectivity index (χ1n) is 9.41. The molecule has 0 fully saturated rings. The van der Waals surface area contributed by atoms with Crippen molar-refractivity contribution in [3.8, 4) is 5.75 Å². The van der Waals surface area contributed by atoms with Gasteiger partial charge in [-0.25, -0.2) is 9.79 Å². The molecular weight excluding hydrogens is 392 g/mol. The van der Waals surface area contributed by atoms with Gasteiger partial charge >= 0.3 is 5.97 Å². The number of nitrogens with two attached hydrogens (primary N) is 1. The lowest BCUT2D eigenvalue weighted by molar-refractivity contribution is 0.0526. The molecule has 4 rings (SSSR count). The van der Waals surface area contributed by atoms with E-state index in [0.29, 0.717) is 21.5 Å². The summed E-state index contributed by atoms with van der Waals surface area (Å²) in [7, 11) is 0. The van der Waals surface area contributed by atoms with Crippen LogP contribution in [0, 0.1) is 0 Å². The summed E-state index contributed by atoms with van der Waals surface area (Å²) in [5.74, 6) is -1.09. The van der Waals surface area contributed by atoms with Crippen LogP contribution in [0.3, 0.4) is 0 Å². The molecule has 3 N–H and O–H groups in total. The normalized spacial score (nSPS) is 14.0. The van der Waals surface area contributed by atoms with Gasteiger partial charge in [0.1, 0.15) is 21.9 Å².